The van der Waals surface area contributed by atoms with Crippen molar-refractivity contribution in [3.8, 4) is 5.75 Å². The minimum Gasteiger partial charge on any atom is -0.497 e. The molecule has 1 aromatic rings. The molecule has 0 aliphatic heterocycles. The highest BCUT2D eigenvalue weighted by Crippen LogP contribution is 2.18. The largest absolute Gasteiger partial charge is 0.497 e. The van der Waals surface area contributed by atoms with E-state index in [-0.39, 0.29) is 5.91 Å². The molecule has 0 aliphatic rings. The second kappa shape index (κ2) is 7.96. The molecule has 0 saturated heterocycles. The van der Waals surface area contributed by atoms with Gasteiger partial charge >= 0.3 is 0 Å². The first-order chi connectivity index (χ1) is 10.3. The molecule has 0 spiro atoms. The van der Waals surface area contributed by atoms with Crippen LogP contribution in [0.3, 0.4) is 0 Å². The molecule has 0 bridgehead atoms. The fraction of sp³-hybridized carbons (Fsp3) is 0.471. The lowest BCUT2D eigenvalue weighted by Crippen LogP contribution is -2.41. The predicted octanol–water partition coefficient (Wildman–Crippen LogP) is 2.25. The molecule has 0 unspecified atom stereocenters. The summed E-state index contributed by atoms with van der Waals surface area (Å²) in [6.07, 6.45) is 0.771. The van der Waals surface area contributed by atoms with E-state index in [1.165, 1.54) is 6.08 Å². The average Bonchev–Trinajstić information content (AvgIpc) is 2.49. The van der Waals surface area contributed by atoms with Crippen LogP contribution >= 0.6 is 0 Å². The van der Waals surface area contributed by atoms with Gasteiger partial charge in [0.25, 0.3) is 0 Å². The number of amides is 1. The van der Waals surface area contributed by atoms with Crippen molar-refractivity contribution in [3.63, 3.8) is 0 Å². The van der Waals surface area contributed by atoms with Crippen LogP contribution in [0.25, 0.3) is 0 Å². The molecular weight excluding hydrogens is 282 g/mol. The second-order valence-corrected chi connectivity index (χ2v) is 6.07. The molecule has 5 nitrogen and oxygen atoms in total. The molecule has 0 aromatic heterocycles. The number of aliphatic hydroxyl groups excluding tert-OH is 1. The number of methoxy groups -OCH3 is 1. The third-order valence-electron chi connectivity index (χ3n) is 3.06. The van der Waals surface area contributed by atoms with Crippen LogP contribution in [-0.2, 0) is 16.1 Å². The van der Waals surface area contributed by atoms with Crippen molar-refractivity contribution >= 4 is 5.91 Å². The van der Waals surface area contributed by atoms with Gasteiger partial charge in [0.1, 0.15) is 5.75 Å². The van der Waals surface area contributed by atoms with E-state index in [4.69, 9.17) is 9.57 Å². The number of ether oxygens (including phenoxy) is 1. The van der Waals surface area contributed by atoms with Crippen LogP contribution in [0.1, 0.15) is 26.3 Å². The summed E-state index contributed by atoms with van der Waals surface area (Å²) in [6, 6.07) is 7.35. The molecule has 0 saturated carbocycles. The fourth-order valence-electron chi connectivity index (χ4n) is 1.83. The van der Waals surface area contributed by atoms with Crippen molar-refractivity contribution in [3.05, 3.63) is 42.5 Å². The van der Waals surface area contributed by atoms with E-state index in [1.54, 1.807) is 7.11 Å². The Hall–Kier alpha value is -1.85. The van der Waals surface area contributed by atoms with Gasteiger partial charge in [0.05, 0.1) is 24.7 Å². The highest BCUT2D eigenvalue weighted by Gasteiger charge is 2.26. The molecule has 2 atom stereocenters. The zero-order valence-corrected chi connectivity index (χ0v) is 13.6. The normalized spacial score (nSPS) is 14.0. The number of nitrogens with one attached hydrogen (secondary N) is 1. The molecule has 0 fully saturated rings. The van der Waals surface area contributed by atoms with Crippen molar-refractivity contribution in [1.82, 2.24) is 5.48 Å². The van der Waals surface area contributed by atoms with Gasteiger partial charge in [-0.25, -0.2) is 5.48 Å². The zero-order chi connectivity index (χ0) is 16.8. The van der Waals surface area contributed by atoms with Crippen LogP contribution in [0, 0.1) is 5.92 Å². The fourth-order valence-corrected chi connectivity index (χ4v) is 1.83. The summed E-state index contributed by atoms with van der Waals surface area (Å²) in [5.74, 6) is -0.309. The first kappa shape index (κ1) is 18.2. The van der Waals surface area contributed by atoms with Gasteiger partial charge in [0, 0.05) is 0 Å². The number of hydroxylamine groups is 1. The van der Waals surface area contributed by atoms with Crippen LogP contribution in [0.15, 0.2) is 36.9 Å². The lowest BCUT2D eigenvalue weighted by atomic mass is 9.93. The predicted molar refractivity (Wildman–Crippen MR) is 85.4 cm³/mol. The number of benzene rings is 1. The number of aliphatic hydroxyl groups is 1. The van der Waals surface area contributed by atoms with Crippen molar-refractivity contribution in [2.24, 2.45) is 5.92 Å². The maximum atomic E-state index is 12.2. The number of hydrogen-bond donors (Lipinski definition) is 2. The van der Waals surface area contributed by atoms with Crippen molar-refractivity contribution in [1.29, 1.82) is 0 Å². The number of carbonyl (C=O) groups excluding carboxylic acids is 1. The Balaban J connectivity index is 2.79. The summed E-state index contributed by atoms with van der Waals surface area (Å²) in [4.78, 5) is 17.5. The standard InChI is InChI=1S/C17H25NO4/c1-6-15(19)14(16(20)18-22-17(2,3)4)11-12-7-9-13(21-5)10-8-12/h6-10,14-15,19H,1,11H2,2-5H3,(H,18,20)/t14-,15+/m1/s1. The third-order valence-corrected chi connectivity index (χ3v) is 3.06. The summed E-state index contributed by atoms with van der Waals surface area (Å²) in [7, 11) is 1.59. The zero-order valence-electron chi connectivity index (χ0n) is 13.6. The quantitative estimate of drug-likeness (QED) is 0.599. The molecular formula is C17H25NO4. The van der Waals surface area contributed by atoms with Crippen molar-refractivity contribution < 1.29 is 19.5 Å². The van der Waals surface area contributed by atoms with E-state index in [1.807, 2.05) is 45.0 Å². The Bertz CT molecular complexity index is 490. The van der Waals surface area contributed by atoms with Gasteiger partial charge in [-0.3, -0.25) is 9.63 Å². The lowest BCUT2D eigenvalue weighted by molar-refractivity contribution is -0.152. The SMILES string of the molecule is C=C[C@H](O)[C@@H](Cc1ccc(OC)cc1)C(=O)NOC(C)(C)C. The molecule has 0 heterocycles. The maximum Gasteiger partial charge on any atom is 0.249 e. The molecule has 1 rings (SSSR count). The Kier molecular flexibility index (Phi) is 6.59. The summed E-state index contributed by atoms with van der Waals surface area (Å²) in [5, 5.41) is 10.0. The number of hydrogen-bond acceptors (Lipinski definition) is 4. The Morgan fingerprint density at radius 1 is 1.36 bits per heavy atom. The average molecular weight is 307 g/mol. The minimum atomic E-state index is -0.953. The van der Waals surface area contributed by atoms with Crippen LogP contribution in [0.5, 0.6) is 5.75 Å². The van der Waals surface area contributed by atoms with E-state index in [0.717, 1.165) is 11.3 Å². The van der Waals surface area contributed by atoms with Crippen molar-refractivity contribution in [2.75, 3.05) is 7.11 Å². The van der Waals surface area contributed by atoms with Gasteiger partial charge in [-0.2, -0.15) is 0 Å². The Morgan fingerprint density at radius 3 is 2.41 bits per heavy atom. The van der Waals surface area contributed by atoms with Gasteiger partial charge < -0.3 is 9.84 Å². The monoisotopic (exact) mass is 307 g/mol. The van der Waals surface area contributed by atoms with Crippen molar-refractivity contribution in [2.45, 2.75) is 38.9 Å². The molecule has 5 heteroatoms. The molecule has 0 radical (unpaired) electrons. The van der Waals surface area contributed by atoms with E-state index in [0.29, 0.717) is 6.42 Å². The third kappa shape index (κ3) is 5.87. The summed E-state index contributed by atoms with van der Waals surface area (Å²) in [6.45, 7) is 9.04. The first-order valence-corrected chi connectivity index (χ1v) is 7.18. The number of rotatable bonds is 7. The Morgan fingerprint density at radius 2 is 1.95 bits per heavy atom. The smallest absolute Gasteiger partial charge is 0.249 e. The summed E-state index contributed by atoms with van der Waals surface area (Å²) < 4.78 is 5.10. The molecule has 122 valence electrons. The number of carbonyl (C=O) groups is 1. The maximum absolute atomic E-state index is 12.2. The van der Waals surface area contributed by atoms with E-state index in [9.17, 15) is 9.90 Å². The topological polar surface area (TPSA) is 67.8 Å². The van der Waals surface area contributed by atoms with Gasteiger partial charge in [-0.05, 0) is 44.9 Å². The highest BCUT2D eigenvalue weighted by molar-refractivity contribution is 5.78. The van der Waals surface area contributed by atoms with E-state index >= 15 is 0 Å². The minimum absolute atomic E-state index is 0.372. The molecule has 1 aromatic carbocycles. The van der Waals surface area contributed by atoms with E-state index < -0.39 is 17.6 Å². The van der Waals surface area contributed by atoms with Gasteiger partial charge in [0.2, 0.25) is 5.91 Å². The van der Waals surface area contributed by atoms with Crippen LogP contribution < -0.4 is 10.2 Å². The van der Waals surface area contributed by atoms with Crippen LogP contribution in [-0.4, -0.2) is 29.8 Å². The lowest BCUT2D eigenvalue weighted by Gasteiger charge is -2.24. The first-order valence-electron chi connectivity index (χ1n) is 7.18. The van der Waals surface area contributed by atoms with Crippen LogP contribution in [0.2, 0.25) is 0 Å². The second-order valence-electron chi connectivity index (χ2n) is 6.07. The van der Waals surface area contributed by atoms with Gasteiger partial charge in [-0.1, -0.05) is 18.2 Å². The van der Waals surface area contributed by atoms with E-state index in [2.05, 4.69) is 12.1 Å². The van der Waals surface area contributed by atoms with Gasteiger partial charge in [-0.15, -0.1) is 6.58 Å². The summed E-state index contributed by atoms with van der Waals surface area (Å²) >= 11 is 0. The van der Waals surface area contributed by atoms with Gasteiger partial charge in [0.15, 0.2) is 0 Å². The molecule has 2 N–H and O–H groups in total. The molecule has 1 amide bonds. The highest BCUT2D eigenvalue weighted by atomic mass is 16.7. The van der Waals surface area contributed by atoms with Crippen LogP contribution in [0.4, 0.5) is 0 Å². The summed E-state index contributed by atoms with van der Waals surface area (Å²) in [5.41, 5.74) is 2.82. The Labute approximate surface area is 131 Å². The molecule has 22 heavy (non-hydrogen) atoms. The molecule has 0 aliphatic carbocycles.